The van der Waals surface area contributed by atoms with Gasteiger partial charge in [0.2, 0.25) is 5.91 Å². The second-order valence-corrected chi connectivity index (χ2v) is 3.53. The molecule has 0 bridgehead atoms. The lowest BCUT2D eigenvalue weighted by Gasteiger charge is -2.13. The van der Waals surface area contributed by atoms with Gasteiger partial charge in [0, 0.05) is 13.7 Å². The van der Waals surface area contributed by atoms with Gasteiger partial charge in [-0.3, -0.25) is 4.79 Å². The summed E-state index contributed by atoms with van der Waals surface area (Å²) in [5, 5.41) is 20.4. The van der Waals surface area contributed by atoms with E-state index in [0.717, 1.165) is 0 Å². The molecule has 0 fully saturated rings. The number of rotatable bonds is 5. The summed E-state index contributed by atoms with van der Waals surface area (Å²) in [6.07, 6.45) is 1.32. The van der Waals surface area contributed by atoms with E-state index in [1.807, 2.05) is 6.07 Å². The maximum atomic E-state index is 11.8. The van der Waals surface area contributed by atoms with E-state index in [9.17, 15) is 4.79 Å². The van der Waals surface area contributed by atoms with Crippen LogP contribution < -0.4 is 5.32 Å². The quantitative estimate of drug-likeness (QED) is 0.734. The van der Waals surface area contributed by atoms with E-state index in [1.54, 1.807) is 20.1 Å². The van der Waals surface area contributed by atoms with Gasteiger partial charge >= 0.3 is 0 Å². The van der Waals surface area contributed by atoms with Gasteiger partial charge in [-0.25, -0.2) is 4.98 Å². The molecule has 0 aliphatic carbocycles. The van der Waals surface area contributed by atoms with Gasteiger partial charge in [0.1, 0.15) is 18.2 Å². The van der Waals surface area contributed by atoms with Crippen LogP contribution in [0.25, 0.3) is 0 Å². The van der Waals surface area contributed by atoms with E-state index >= 15 is 0 Å². The first-order chi connectivity index (χ1) is 8.65. The van der Waals surface area contributed by atoms with Gasteiger partial charge in [-0.05, 0) is 6.92 Å². The number of methoxy groups -OCH3 is 1. The van der Waals surface area contributed by atoms with E-state index in [2.05, 4.69) is 10.3 Å². The molecule has 1 heterocycles. The maximum absolute atomic E-state index is 11.8. The Morgan fingerprint density at radius 3 is 2.89 bits per heavy atom. The largest absolute Gasteiger partial charge is 0.383 e. The van der Waals surface area contributed by atoms with Crippen molar-refractivity contribution in [3.8, 4) is 12.1 Å². The Balaban J connectivity index is 2.82. The summed E-state index contributed by atoms with van der Waals surface area (Å²) in [4.78, 5) is 15.6. The molecule has 7 heteroatoms. The van der Waals surface area contributed by atoms with Gasteiger partial charge < -0.3 is 14.6 Å². The number of carbonyl (C=O) groups excluding carboxylic acids is 1. The zero-order chi connectivity index (χ0) is 13.5. The number of carbonyl (C=O) groups is 1. The van der Waals surface area contributed by atoms with Crippen LogP contribution in [-0.2, 0) is 9.53 Å². The van der Waals surface area contributed by atoms with Crippen LogP contribution in [0.3, 0.4) is 0 Å². The van der Waals surface area contributed by atoms with Crippen LogP contribution in [0.2, 0.25) is 0 Å². The Kier molecular flexibility index (Phi) is 4.85. The van der Waals surface area contributed by atoms with Gasteiger partial charge in [0.15, 0.2) is 11.4 Å². The summed E-state index contributed by atoms with van der Waals surface area (Å²) in [5.41, 5.74) is 0.112. The Bertz CT molecular complexity index is 508. The standard InChI is InChI=1S/C11H13N5O2/c1-8(11(17)14-3-4-18-2)16-7-15-9(5-12)10(16)6-13/h7-8H,3-4H2,1-2H3,(H,14,17). The molecule has 0 aliphatic rings. The molecule has 0 saturated carbocycles. The summed E-state index contributed by atoms with van der Waals surface area (Å²) in [6.45, 7) is 2.43. The normalized spacial score (nSPS) is 11.3. The van der Waals surface area contributed by atoms with Crippen molar-refractivity contribution in [1.29, 1.82) is 10.5 Å². The highest BCUT2D eigenvalue weighted by Crippen LogP contribution is 2.12. The predicted octanol–water partition coefficient (Wildman–Crippen LogP) is -0.0499. The zero-order valence-corrected chi connectivity index (χ0v) is 10.2. The van der Waals surface area contributed by atoms with E-state index in [0.29, 0.717) is 13.2 Å². The summed E-state index contributed by atoms with van der Waals surface area (Å²) in [6, 6.07) is 3.07. The zero-order valence-electron chi connectivity index (χ0n) is 10.2. The monoisotopic (exact) mass is 247 g/mol. The van der Waals surface area contributed by atoms with E-state index in [4.69, 9.17) is 15.3 Å². The van der Waals surface area contributed by atoms with Crippen LogP contribution in [0.4, 0.5) is 0 Å². The van der Waals surface area contributed by atoms with Crippen LogP contribution >= 0.6 is 0 Å². The highest BCUT2D eigenvalue weighted by atomic mass is 16.5. The number of hydrogen-bond acceptors (Lipinski definition) is 5. The minimum Gasteiger partial charge on any atom is -0.383 e. The molecule has 0 radical (unpaired) electrons. The Morgan fingerprint density at radius 1 is 1.61 bits per heavy atom. The van der Waals surface area contributed by atoms with Crippen molar-refractivity contribution in [2.24, 2.45) is 0 Å². The van der Waals surface area contributed by atoms with Crippen LogP contribution in [0.5, 0.6) is 0 Å². The third-order valence-corrected chi connectivity index (χ3v) is 2.41. The number of hydrogen-bond donors (Lipinski definition) is 1. The SMILES string of the molecule is COCCNC(=O)C(C)n1cnc(C#N)c1C#N. The molecular weight excluding hydrogens is 234 g/mol. The number of amides is 1. The van der Waals surface area contributed by atoms with Crippen LogP contribution in [0.15, 0.2) is 6.33 Å². The lowest BCUT2D eigenvalue weighted by atomic mass is 10.2. The molecule has 0 saturated heterocycles. The molecule has 7 nitrogen and oxygen atoms in total. The Labute approximate surface area is 105 Å². The third kappa shape index (κ3) is 2.84. The number of nitriles is 2. The Morgan fingerprint density at radius 2 is 2.33 bits per heavy atom. The molecule has 1 unspecified atom stereocenters. The van der Waals surface area contributed by atoms with Crippen molar-refractivity contribution in [3.63, 3.8) is 0 Å². The number of aromatic nitrogens is 2. The van der Waals surface area contributed by atoms with Crippen LogP contribution in [0, 0.1) is 22.7 Å². The molecule has 18 heavy (non-hydrogen) atoms. The molecule has 1 N–H and O–H groups in total. The summed E-state index contributed by atoms with van der Waals surface area (Å²) in [7, 11) is 1.54. The number of nitrogens with zero attached hydrogens (tertiary/aromatic N) is 4. The fourth-order valence-corrected chi connectivity index (χ4v) is 1.40. The van der Waals surface area contributed by atoms with Crippen molar-refractivity contribution in [2.75, 3.05) is 20.3 Å². The van der Waals surface area contributed by atoms with Crippen LogP contribution in [0.1, 0.15) is 24.4 Å². The second-order valence-electron chi connectivity index (χ2n) is 3.53. The fourth-order valence-electron chi connectivity index (χ4n) is 1.40. The average molecular weight is 247 g/mol. The first kappa shape index (κ1) is 13.7. The van der Waals surface area contributed by atoms with E-state index < -0.39 is 6.04 Å². The smallest absolute Gasteiger partial charge is 0.242 e. The van der Waals surface area contributed by atoms with Crippen molar-refractivity contribution < 1.29 is 9.53 Å². The number of ether oxygens (including phenoxy) is 1. The van der Waals surface area contributed by atoms with Gasteiger partial charge in [-0.2, -0.15) is 10.5 Å². The molecule has 1 atom stereocenters. The van der Waals surface area contributed by atoms with E-state index in [1.165, 1.54) is 10.9 Å². The molecule has 1 amide bonds. The van der Waals surface area contributed by atoms with Gasteiger partial charge in [-0.15, -0.1) is 0 Å². The first-order valence-electron chi connectivity index (χ1n) is 5.29. The molecule has 1 aromatic heterocycles. The molecule has 94 valence electrons. The lowest BCUT2D eigenvalue weighted by Crippen LogP contribution is -2.33. The van der Waals surface area contributed by atoms with E-state index in [-0.39, 0.29) is 17.3 Å². The van der Waals surface area contributed by atoms with Crippen molar-refractivity contribution in [3.05, 3.63) is 17.7 Å². The van der Waals surface area contributed by atoms with Gasteiger partial charge in [0.05, 0.1) is 12.9 Å². The number of nitrogens with one attached hydrogen (secondary N) is 1. The molecule has 0 aliphatic heterocycles. The Hall–Kier alpha value is -2.38. The van der Waals surface area contributed by atoms with Crippen molar-refractivity contribution >= 4 is 5.91 Å². The van der Waals surface area contributed by atoms with Gasteiger partial charge in [-0.1, -0.05) is 0 Å². The topological polar surface area (TPSA) is 104 Å². The molecular formula is C11H13N5O2. The average Bonchev–Trinajstić information content (AvgIpc) is 2.80. The van der Waals surface area contributed by atoms with Crippen LogP contribution in [-0.4, -0.2) is 35.7 Å². The minimum absolute atomic E-state index is 0.0223. The summed E-state index contributed by atoms with van der Waals surface area (Å²) >= 11 is 0. The minimum atomic E-state index is -0.605. The second kappa shape index (κ2) is 6.38. The number of imidazole rings is 1. The third-order valence-electron chi connectivity index (χ3n) is 2.41. The van der Waals surface area contributed by atoms with Gasteiger partial charge in [0.25, 0.3) is 0 Å². The summed E-state index contributed by atoms with van der Waals surface area (Å²) in [5.74, 6) is -0.259. The highest BCUT2D eigenvalue weighted by molar-refractivity contribution is 5.80. The maximum Gasteiger partial charge on any atom is 0.242 e. The first-order valence-corrected chi connectivity index (χ1v) is 5.29. The fraction of sp³-hybridized carbons (Fsp3) is 0.455. The molecule has 0 aromatic carbocycles. The lowest BCUT2D eigenvalue weighted by molar-refractivity contribution is -0.124. The highest BCUT2D eigenvalue weighted by Gasteiger charge is 2.20. The van der Waals surface area contributed by atoms with Crippen molar-refractivity contribution in [2.45, 2.75) is 13.0 Å². The molecule has 0 spiro atoms. The predicted molar refractivity (Wildman–Crippen MR) is 61.3 cm³/mol. The summed E-state index contributed by atoms with van der Waals surface area (Å²) < 4.78 is 6.19. The van der Waals surface area contributed by atoms with Crippen molar-refractivity contribution in [1.82, 2.24) is 14.9 Å². The molecule has 1 rings (SSSR count). The molecule has 1 aromatic rings.